The van der Waals surface area contributed by atoms with E-state index >= 15 is 0 Å². The summed E-state index contributed by atoms with van der Waals surface area (Å²) in [7, 11) is 0. The zero-order chi connectivity index (χ0) is 17.9. The Morgan fingerprint density at radius 3 is 2.46 bits per heavy atom. The molecule has 0 aliphatic carbocycles. The van der Waals surface area contributed by atoms with Crippen LogP contribution in [0.2, 0.25) is 0 Å². The third kappa shape index (κ3) is 3.30. The summed E-state index contributed by atoms with van der Waals surface area (Å²) in [5, 5.41) is 11.5. The molecule has 3 heteroatoms. The lowest BCUT2D eigenvalue weighted by Gasteiger charge is -1.99. The van der Waals surface area contributed by atoms with Crippen LogP contribution in [-0.4, -0.2) is 10.1 Å². The van der Waals surface area contributed by atoms with E-state index in [1.54, 1.807) is 0 Å². The van der Waals surface area contributed by atoms with Gasteiger partial charge in [0.05, 0.1) is 6.61 Å². The van der Waals surface area contributed by atoms with Gasteiger partial charge in [-0.2, -0.15) is 0 Å². The fourth-order valence-electron chi connectivity index (χ4n) is 2.92. The summed E-state index contributed by atoms with van der Waals surface area (Å²) in [6, 6.07) is 22.2. The van der Waals surface area contributed by atoms with Gasteiger partial charge in [0.1, 0.15) is 11.5 Å². The van der Waals surface area contributed by atoms with Gasteiger partial charge in [-0.25, -0.2) is 4.98 Å². The fourth-order valence-corrected chi connectivity index (χ4v) is 2.92. The van der Waals surface area contributed by atoms with Gasteiger partial charge in [-0.1, -0.05) is 60.7 Å². The van der Waals surface area contributed by atoms with Crippen LogP contribution in [0.4, 0.5) is 0 Å². The zero-order valence-electron chi connectivity index (χ0n) is 14.5. The molecule has 128 valence electrons. The predicted octanol–water partition coefficient (Wildman–Crippen LogP) is 5.47. The Morgan fingerprint density at radius 1 is 0.923 bits per heavy atom. The number of hydrogen-bond donors (Lipinski definition) is 1. The molecule has 0 spiro atoms. The van der Waals surface area contributed by atoms with Crippen molar-refractivity contribution in [3.8, 4) is 11.5 Å². The first kappa shape index (κ1) is 16.3. The second-order valence-electron chi connectivity index (χ2n) is 6.26. The van der Waals surface area contributed by atoms with Crippen molar-refractivity contribution in [1.82, 2.24) is 4.98 Å². The Kier molecular flexibility index (Phi) is 4.38. The minimum atomic E-state index is 0.0571. The van der Waals surface area contributed by atoms with Gasteiger partial charge >= 0.3 is 0 Å². The number of aliphatic hydroxyl groups is 1. The lowest BCUT2D eigenvalue weighted by molar-refractivity contribution is 0.282. The normalized spacial score (nSPS) is 11.5. The molecule has 3 nitrogen and oxygen atoms in total. The summed E-state index contributed by atoms with van der Waals surface area (Å²) in [6.45, 7) is 1.98. The standard InChI is InChI=1S/C23H19NO2/c1-16-22(13-10-17-6-8-18(15-25)9-7-17)24-23(26-16)21-12-11-19-4-2-3-5-20(19)14-21/h2-14,25H,15H2,1H3/b13-10+. The Balaban J connectivity index is 1.62. The van der Waals surface area contributed by atoms with Gasteiger partial charge in [-0.15, -0.1) is 0 Å². The molecule has 1 aromatic heterocycles. The molecular weight excluding hydrogens is 322 g/mol. The first-order valence-corrected chi connectivity index (χ1v) is 8.57. The van der Waals surface area contributed by atoms with Crippen LogP contribution < -0.4 is 0 Å². The summed E-state index contributed by atoms with van der Waals surface area (Å²) < 4.78 is 5.88. The van der Waals surface area contributed by atoms with Gasteiger partial charge in [0, 0.05) is 5.56 Å². The second-order valence-corrected chi connectivity index (χ2v) is 6.26. The molecule has 0 saturated heterocycles. The highest BCUT2D eigenvalue weighted by molar-refractivity contribution is 5.86. The van der Waals surface area contributed by atoms with E-state index in [0.29, 0.717) is 5.89 Å². The molecule has 3 aromatic carbocycles. The highest BCUT2D eigenvalue weighted by Crippen LogP contribution is 2.26. The molecule has 0 unspecified atom stereocenters. The van der Waals surface area contributed by atoms with E-state index in [2.05, 4.69) is 29.2 Å². The molecule has 0 aliphatic rings. The van der Waals surface area contributed by atoms with E-state index < -0.39 is 0 Å². The molecule has 0 aliphatic heterocycles. The molecule has 0 amide bonds. The number of aryl methyl sites for hydroxylation is 1. The van der Waals surface area contributed by atoms with E-state index in [4.69, 9.17) is 9.52 Å². The third-order valence-corrected chi connectivity index (χ3v) is 4.42. The molecule has 1 heterocycles. The van der Waals surface area contributed by atoms with Crippen molar-refractivity contribution in [1.29, 1.82) is 0 Å². The summed E-state index contributed by atoms with van der Waals surface area (Å²) in [4.78, 5) is 4.64. The number of hydrogen-bond acceptors (Lipinski definition) is 3. The van der Waals surface area contributed by atoms with Crippen LogP contribution in [0.5, 0.6) is 0 Å². The average Bonchev–Trinajstić information content (AvgIpc) is 3.07. The van der Waals surface area contributed by atoms with E-state index in [0.717, 1.165) is 28.1 Å². The number of aromatic nitrogens is 1. The molecular formula is C23H19NO2. The van der Waals surface area contributed by atoms with Crippen molar-refractivity contribution in [3.63, 3.8) is 0 Å². The molecule has 26 heavy (non-hydrogen) atoms. The van der Waals surface area contributed by atoms with Crippen LogP contribution >= 0.6 is 0 Å². The maximum Gasteiger partial charge on any atom is 0.226 e. The van der Waals surface area contributed by atoms with Gasteiger partial charge in [0.15, 0.2) is 0 Å². The van der Waals surface area contributed by atoms with E-state index in [1.165, 1.54) is 10.8 Å². The van der Waals surface area contributed by atoms with Crippen LogP contribution in [0.25, 0.3) is 34.4 Å². The third-order valence-electron chi connectivity index (χ3n) is 4.42. The number of aliphatic hydroxyl groups excluding tert-OH is 1. The molecule has 0 bridgehead atoms. The predicted molar refractivity (Wildman–Crippen MR) is 105 cm³/mol. The van der Waals surface area contributed by atoms with Crippen LogP contribution in [-0.2, 0) is 6.61 Å². The fraction of sp³-hybridized carbons (Fsp3) is 0.0870. The molecule has 0 radical (unpaired) electrons. The number of oxazole rings is 1. The van der Waals surface area contributed by atoms with Crippen molar-refractivity contribution in [2.24, 2.45) is 0 Å². The maximum absolute atomic E-state index is 9.11. The van der Waals surface area contributed by atoms with Gasteiger partial charge < -0.3 is 9.52 Å². The minimum Gasteiger partial charge on any atom is -0.441 e. The lowest BCUT2D eigenvalue weighted by atomic mass is 10.1. The van der Waals surface area contributed by atoms with Crippen molar-refractivity contribution in [2.45, 2.75) is 13.5 Å². The summed E-state index contributed by atoms with van der Waals surface area (Å²) in [5.74, 6) is 1.42. The number of nitrogens with zero attached hydrogens (tertiary/aromatic N) is 1. The van der Waals surface area contributed by atoms with Crippen LogP contribution in [0, 0.1) is 6.92 Å². The van der Waals surface area contributed by atoms with Crippen molar-refractivity contribution < 1.29 is 9.52 Å². The van der Waals surface area contributed by atoms with Crippen LogP contribution in [0.15, 0.2) is 71.1 Å². The first-order chi connectivity index (χ1) is 12.7. The highest BCUT2D eigenvalue weighted by Gasteiger charge is 2.10. The van der Waals surface area contributed by atoms with Crippen molar-refractivity contribution >= 4 is 22.9 Å². The van der Waals surface area contributed by atoms with Gasteiger partial charge in [-0.3, -0.25) is 0 Å². The Bertz CT molecular complexity index is 1080. The average molecular weight is 341 g/mol. The van der Waals surface area contributed by atoms with E-state index in [9.17, 15) is 0 Å². The largest absolute Gasteiger partial charge is 0.441 e. The lowest BCUT2D eigenvalue weighted by Crippen LogP contribution is -1.82. The van der Waals surface area contributed by atoms with Crippen LogP contribution in [0.3, 0.4) is 0 Å². The Labute approximate surface area is 152 Å². The molecule has 1 N–H and O–H groups in total. The molecule has 4 aromatic rings. The maximum atomic E-state index is 9.11. The Hall–Kier alpha value is -3.17. The van der Waals surface area contributed by atoms with Crippen molar-refractivity contribution in [3.05, 3.63) is 89.3 Å². The summed E-state index contributed by atoms with van der Waals surface area (Å²) in [5.41, 5.74) is 3.74. The first-order valence-electron chi connectivity index (χ1n) is 8.57. The topological polar surface area (TPSA) is 46.3 Å². The number of fused-ring (bicyclic) bond motifs is 1. The minimum absolute atomic E-state index is 0.0571. The smallest absolute Gasteiger partial charge is 0.226 e. The molecule has 0 atom stereocenters. The molecule has 0 fully saturated rings. The van der Waals surface area contributed by atoms with Gasteiger partial charge in [0.2, 0.25) is 5.89 Å². The summed E-state index contributed by atoms with van der Waals surface area (Å²) >= 11 is 0. The molecule has 4 rings (SSSR count). The van der Waals surface area contributed by atoms with Gasteiger partial charge in [-0.05, 0) is 47.0 Å². The quantitative estimate of drug-likeness (QED) is 0.536. The van der Waals surface area contributed by atoms with Gasteiger partial charge in [0.25, 0.3) is 0 Å². The van der Waals surface area contributed by atoms with E-state index in [-0.39, 0.29) is 6.61 Å². The SMILES string of the molecule is Cc1oc(-c2ccc3ccccc3c2)nc1/C=C/c1ccc(CO)cc1. The molecule has 0 saturated carbocycles. The monoisotopic (exact) mass is 341 g/mol. The zero-order valence-corrected chi connectivity index (χ0v) is 14.5. The van der Waals surface area contributed by atoms with E-state index in [1.807, 2.05) is 61.5 Å². The summed E-state index contributed by atoms with van der Waals surface area (Å²) in [6.07, 6.45) is 3.95. The van der Waals surface area contributed by atoms with Crippen molar-refractivity contribution in [2.75, 3.05) is 0 Å². The highest BCUT2D eigenvalue weighted by atomic mass is 16.4. The number of rotatable bonds is 4. The Morgan fingerprint density at radius 2 is 1.69 bits per heavy atom. The number of benzene rings is 3. The second kappa shape index (κ2) is 6.98. The van der Waals surface area contributed by atoms with Crippen LogP contribution in [0.1, 0.15) is 22.6 Å².